The molecule has 78 valence electrons. The van der Waals surface area contributed by atoms with Crippen LogP contribution in [-0.4, -0.2) is 30.2 Å². The average molecular weight is 213 g/mol. The minimum atomic E-state index is 0.354. The van der Waals surface area contributed by atoms with Crippen LogP contribution in [0.15, 0.2) is 6.07 Å². The second kappa shape index (κ2) is 4.14. The second-order valence-corrected chi connectivity index (χ2v) is 4.22. The maximum absolute atomic E-state index is 5.60. The lowest BCUT2D eigenvalue weighted by Gasteiger charge is -2.32. The Morgan fingerprint density at radius 1 is 1.79 bits per heavy atom. The molecule has 14 heavy (non-hydrogen) atoms. The first kappa shape index (κ1) is 9.73. The van der Waals surface area contributed by atoms with E-state index < -0.39 is 0 Å². The SMILES string of the molecule is CCC1CN(c2cc(N)ns2)CCO1. The van der Waals surface area contributed by atoms with Crippen LogP contribution in [0.3, 0.4) is 0 Å². The Morgan fingerprint density at radius 3 is 3.29 bits per heavy atom. The Bertz CT molecular complexity index is 302. The normalized spacial score (nSPS) is 22.6. The van der Waals surface area contributed by atoms with Crippen molar-refractivity contribution in [2.24, 2.45) is 0 Å². The van der Waals surface area contributed by atoms with Crippen molar-refractivity contribution in [3.63, 3.8) is 0 Å². The molecule has 2 N–H and O–H groups in total. The largest absolute Gasteiger partial charge is 0.383 e. The van der Waals surface area contributed by atoms with Crippen LogP contribution >= 0.6 is 11.5 Å². The highest BCUT2D eigenvalue weighted by molar-refractivity contribution is 7.10. The summed E-state index contributed by atoms with van der Waals surface area (Å²) in [6.45, 7) is 4.85. The van der Waals surface area contributed by atoms with Gasteiger partial charge in [-0.05, 0) is 18.0 Å². The van der Waals surface area contributed by atoms with Crippen LogP contribution in [-0.2, 0) is 4.74 Å². The first-order valence-corrected chi connectivity index (χ1v) is 5.65. The summed E-state index contributed by atoms with van der Waals surface area (Å²) in [5.74, 6) is 0.615. The number of hydrogen-bond donors (Lipinski definition) is 1. The molecule has 2 heterocycles. The van der Waals surface area contributed by atoms with Gasteiger partial charge < -0.3 is 15.4 Å². The van der Waals surface area contributed by atoms with E-state index in [2.05, 4.69) is 16.2 Å². The van der Waals surface area contributed by atoms with Gasteiger partial charge in [0.05, 0.1) is 12.7 Å². The van der Waals surface area contributed by atoms with Gasteiger partial charge in [0.25, 0.3) is 0 Å². The van der Waals surface area contributed by atoms with Gasteiger partial charge in [-0.15, -0.1) is 0 Å². The number of ether oxygens (including phenoxy) is 1. The van der Waals surface area contributed by atoms with E-state index in [0.717, 1.165) is 31.1 Å². The molecule has 1 unspecified atom stereocenters. The summed E-state index contributed by atoms with van der Waals surface area (Å²) in [5, 5.41) is 1.16. The van der Waals surface area contributed by atoms with Gasteiger partial charge in [-0.3, -0.25) is 0 Å². The van der Waals surface area contributed by atoms with Crippen molar-refractivity contribution < 1.29 is 4.74 Å². The fraction of sp³-hybridized carbons (Fsp3) is 0.667. The van der Waals surface area contributed by atoms with E-state index in [1.54, 1.807) is 0 Å². The fourth-order valence-corrected chi connectivity index (χ4v) is 2.30. The summed E-state index contributed by atoms with van der Waals surface area (Å²) >= 11 is 1.46. The van der Waals surface area contributed by atoms with Gasteiger partial charge in [0.1, 0.15) is 10.8 Å². The quantitative estimate of drug-likeness (QED) is 0.805. The van der Waals surface area contributed by atoms with E-state index in [1.807, 2.05) is 6.07 Å². The molecule has 0 radical (unpaired) electrons. The Balaban J connectivity index is 2.04. The molecule has 4 nitrogen and oxygen atoms in total. The van der Waals surface area contributed by atoms with Gasteiger partial charge in [0, 0.05) is 19.2 Å². The van der Waals surface area contributed by atoms with Crippen LogP contribution in [0.4, 0.5) is 10.8 Å². The van der Waals surface area contributed by atoms with Crippen LogP contribution in [0.5, 0.6) is 0 Å². The molecule has 5 heteroatoms. The lowest BCUT2D eigenvalue weighted by atomic mass is 10.2. The molecule has 0 aliphatic carbocycles. The van der Waals surface area contributed by atoms with Crippen molar-refractivity contribution in [2.45, 2.75) is 19.4 Å². The van der Waals surface area contributed by atoms with Gasteiger partial charge >= 0.3 is 0 Å². The number of nitrogens with two attached hydrogens (primary N) is 1. The third-order valence-corrected chi connectivity index (χ3v) is 3.29. The number of anilines is 2. The molecule has 0 amide bonds. The predicted octanol–water partition coefficient (Wildman–Crippen LogP) is 1.34. The lowest BCUT2D eigenvalue weighted by molar-refractivity contribution is 0.0386. The molecule has 1 fully saturated rings. The predicted molar refractivity (Wildman–Crippen MR) is 58.8 cm³/mol. The summed E-state index contributed by atoms with van der Waals surface area (Å²) in [6, 6.07) is 1.93. The Hall–Kier alpha value is -0.810. The average Bonchev–Trinajstić information content (AvgIpc) is 2.65. The Morgan fingerprint density at radius 2 is 2.64 bits per heavy atom. The molecule has 0 aromatic carbocycles. The Labute approximate surface area is 87.8 Å². The number of nitrogens with zero attached hydrogens (tertiary/aromatic N) is 2. The molecule has 1 aliphatic rings. The van der Waals surface area contributed by atoms with Crippen molar-refractivity contribution in [2.75, 3.05) is 30.3 Å². The fourth-order valence-electron chi connectivity index (χ4n) is 1.59. The van der Waals surface area contributed by atoms with Crippen molar-refractivity contribution >= 4 is 22.4 Å². The number of morpholine rings is 1. The molecule has 0 saturated carbocycles. The second-order valence-electron chi connectivity index (χ2n) is 3.44. The van der Waals surface area contributed by atoms with Crippen LogP contribution in [0.25, 0.3) is 0 Å². The van der Waals surface area contributed by atoms with E-state index in [9.17, 15) is 0 Å². The molecule has 1 aromatic heterocycles. The van der Waals surface area contributed by atoms with Crippen LogP contribution in [0.1, 0.15) is 13.3 Å². The molecule has 1 atom stereocenters. The third-order valence-electron chi connectivity index (χ3n) is 2.42. The van der Waals surface area contributed by atoms with Crippen LogP contribution in [0.2, 0.25) is 0 Å². The van der Waals surface area contributed by atoms with Crippen LogP contribution in [0, 0.1) is 0 Å². The van der Waals surface area contributed by atoms with E-state index in [-0.39, 0.29) is 0 Å². The highest BCUT2D eigenvalue weighted by Gasteiger charge is 2.20. The smallest absolute Gasteiger partial charge is 0.139 e. The summed E-state index contributed by atoms with van der Waals surface area (Å²) in [5.41, 5.74) is 5.59. The maximum Gasteiger partial charge on any atom is 0.139 e. The van der Waals surface area contributed by atoms with Crippen LogP contribution < -0.4 is 10.6 Å². The zero-order chi connectivity index (χ0) is 9.97. The minimum absolute atomic E-state index is 0.354. The molecule has 1 aliphatic heterocycles. The van der Waals surface area contributed by atoms with Gasteiger partial charge in [0.2, 0.25) is 0 Å². The lowest BCUT2D eigenvalue weighted by Crippen LogP contribution is -2.41. The molecular formula is C9H15N3OS. The maximum atomic E-state index is 5.60. The number of rotatable bonds is 2. The van der Waals surface area contributed by atoms with Gasteiger partial charge in [0.15, 0.2) is 0 Å². The summed E-state index contributed by atoms with van der Waals surface area (Å²) in [7, 11) is 0. The summed E-state index contributed by atoms with van der Waals surface area (Å²) in [4.78, 5) is 2.30. The summed E-state index contributed by atoms with van der Waals surface area (Å²) < 4.78 is 9.68. The van der Waals surface area contributed by atoms with Crippen molar-refractivity contribution in [3.05, 3.63) is 6.07 Å². The van der Waals surface area contributed by atoms with Gasteiger partial charge in [-0.25, -0.2) is 0 Å². The molecular weight excluding hydrogens is 198 g/mol. The minimum Gasteiger partial charge on any atom is -0.383 e. The highest BCUT2D eigenvalue weighted by atomic mass is 32.1. The third kappa shape index (κ3) is 1.99. The first-order chi connectivity index (χ1) is 6.79. The van der Waals surface area contributed by atoms with E-state index in [4.69, 9.17) is 10.5 Å². The number of aromatic nitrogens is 1. The van der Waals surface area contributed by atoms with Crippen molar-refractivity contribution in [3.8, 4) is 0 Å². The zero-order valence-corrected chi connectivity index (χ0v) is 9.09. The first-order valence-electron chi connectivity index (χ1n) is 4.88. The van der Waals surface area contributed by atoms with Crippen molar-refractivity contribution in [1.29, 1.82) is 0 Å². The highest BCUT2D eigenvalue weighted by Crippen LogP contribution is 2.25. The Kier molecular flexibility index (Phi) is 2.88. The van der Waals surface area contributed by atoms with E-state index >= 15 is 0 Å². The topological polar surface area (TPSA) is 51.4 Å². The monoisotopic (exact) mass is 213 g/mol. The number of nitrogen functional groups attached to an aromatic ring is 1. The van der Waals surface area contributed by atoms with E-state index in [0.29, 0.717) is 11.9 Å². The molecule has 0 spiro atoms. The van der Waals surface area contributed by atoms with Gasteiger partial charge in [-0.2, -0.15) is 4.37 Å². The van der Waals surface area contributed by atoms with Crippen molar-refractivity contribution in [1.82, 2.24) is 4.37 Å². The summed E-state index contributed by atoms with van der Waals surface area (Å²) in [6.07, 6.45) is 1.41. The van der Waals surface area contributed by atoms with Gasteiger partial charge in [-0.1, -0.05) is 6.92 Å². The van der Waals surface area contributed by atoms with E-state index in [1.165, 1.54) is 11.5 Å². The molecule has 0 bridgehead atoms. The number of hydrogen-bond acceptors (Lipinski definition) is 5. The molecule has 2 rings (SSSR count). The molecule has 1 aromatic rings. The zero-order valence-electron chi connectivity index (χ0n) is 8.27. The molecule has 1 saturated heterocycles. The standard InChI is InChI=1S/C9H15N3OS/c1-2-7-6-12(3-4-13-7)9-5-8(10)11-14-9/h5,7H,2-4,6H2,1H3,(H2,10,11).